The van der Waals surface area contributed by atoms with Crippen molar-refractivity contribution in [1.29, 1.82) is 0 Å². The van der Waals surface area contributed by atoms with Gasteiger partial charge in [0.2, 0.25) is 0 Å². The van der Waals surface area contributed by atoms with E-state index in [2.05, 4.69) is 144 Å². The SMILES string of the molecule is c1ccc(-c2ccc(N(c3ccc4c(c3)C3C5CC6CC(C5)C(C3C6)C35CC6CC(CC(C6)(C3)c3cccc-4c3)C5)c3cccc4c3sc3ccccc34)cc2)cc1. The molecule has 2 spiro atoms. The van der Waals surface area contributed by atoms with Gasteiger partial charge in [-0.2, -0.15) is 0 Å². The number of hydrogen-bond acceptors (Lipinski definition) is 2. The van der Waals surface area contributed by atoms with Crippen LogP contribution in [0.25, 0.3) is 42.4 Å². The third-order valence-electron chi connectivity index (χ3n) is 17.5. The van der Waals surface area contributed by atoms with Crippen LogP contribution in [0.1, 0.15) is 81.3 Å². The highest BCUT2D eigenvalue weighted by atomic mass is 32.1. The molecule has 0 aliphatic heterocycles. The van der Waals surface area contributed by atoms with Gasteiger partial charge in [-0.05, 0) is 192 Å². The van der Waals surface area contributed by atoms with E-state index < -0.39 is 0 Å². The normalized spacial score (nSPS) is 33.3. The molecule has 8 saturated carbocycles. The van der Waals surface area contributed by atoms with Crippen molar-refractivity contribution in [3.63, 3.8) is 0 Å². The van der Waals surface area contributed by atoms with E-state index in [1.165, 1.54) is 124 Å². The second-order valence-corrected chi connectivity index (χ2v) is 21.6. The first-order valence-electron chi connectivity index (χ1n) is 22.7. The predicted molar refractivity (Wildman–Crippen MR) is 242 cm³/mol. The van der Waals surface area contributed by atoms with E-state index in [1.54, 1.807) is 11.1 Å². The first kappa shape index (κ1) is 33.2. The van der Waals surface area contributed by atoms with Crippen LogP contribution in [0.2, 0.25) is 0 Å². The van der Waals surface area contributed by atoms with Crippen molar-refractivity contribution in [1.82, 2.24) is 0 Å². The summed E-state index contributed by atoms with van der Waals surface area (Å²) in [4.78, 5) is 2.62. The lowest BCUT2D eigenvalue weighted by atomic mass is 9.34. The van der Waals surface area contributed by atoms with Crippen LogP contribution in [0.5, 0.6) is 0 Å². The molecule has 0 radical (unpaired) electrons. The van der Waals surface area contributed by atoms with Crippen LogP contribution in [-0.4, -0.2) is 0 Å². The van der Waals surface area contributed by atoms with E-state index in [4.69, 9.17) is 0 Å². The zero-order chi connectivity index (χ0) is 37.7. The molecule has 286 valence electrons. The zero-order valence-electron chi connectivity index (χ0n) is 33.3. The Hall–Kier alpha value is -4.66. The molecule has 12 bridgehead atoms. The molecule has 9 aliphatic carbocycles. The molecule has 16 rings (SSSR count). The Morgan fingerprint density at radius 1 is 0.534 bits per heavy atom. The summed E-state index contributed by atoms with van der Waals surface area (Å²) in [5.74, 6) is 6.95. The van der Waals surface area contributed by atoms with Gasteiger partial charge in [-0.1, -0.05) is 103 Å². The van der Waals surface area contributed by atoms with Crippen molar-refractivity contribution >= 4 is 48.6 Å². The molecule has 8 fully saturated rings. The van der Waals surface area contributed by atoms with Gasteiger partial charge in [0.25, 0.3) is 0 Å². The summed E-state index contributed by atoms with van der Waals surface area (Å²) in [6, 6.07) is 54.2. The Balaban J connectivity index is 0.997. The number of nitrogens with zero attached hydrogens (tertiary/aromatic N) is 1. The molecule has 1 nitrogen and oxygen atoms in total. The maximum absolute atomic E-state index is 2.73. The van der Waals surface area contributed by atoms with Gasteiger partial charge in [0, 0.05) is 26.8 Å². The van der Waals surface area contributed by atoms with Gasteiger partial charge in [0.1, 0.15) is 0 Å². The van der Waals surface area contributed by atoms with Crippen LogP contribution < -0.4 is 4.90 Å². The van der Waals surface area contributed by atoms with Gasteiger partial charge in [-0.15, -0.1) is 11.3 Å². The molecule has 9 aliphatic rings. The van der Waals surface area contributed by atoms with Crippen LogP contribution in [0.3, 0.4) is 0 Å². The lowest BCUT2D eigenvalue weighted by molar-refractivity contribution is -0.180. The molecule has 8 unspecified atom stereocenters. The minimum absolute atomic E-state index is 0.389. The van der Waals surface area contributed by atoms with E-state index >= 15 is 0 Å². The van der Waals surface area contributed by atoms with E-state index in [1.807, 2.05) is 11.3 Å². The predicted octanol–water partition coefficient (Wildman–Crippen LogP) is 15.5. The molecule has 8 atom stereocenters. The number of thiophene rings is 1. The molecular weight excluding hydrogens is 719 g/mol. The first-order chi connectivity index (χ1) is 28.6. The van der Waals surface area contributed by atoms with Gasteiger partial charge in [-0.25, -0.2) is 0 Å². The second-order valence-electron chi connectivity index (χ2n) is 20.5. The summed E-state index contributed by atoms with van der Waals surface area (Å²) in [6.45, 7) is 0. The molecule has 1 aromatic heterocycles. The Kier molecular flexibility index (Phi) is 6.85. The highest BCUT2D eigenvalue weighted by Crippen LogP contribution is 2.75. The second kappa shape index (κ2) is 12.0. The maximum Gasteiger partial charge on any atom is 0.0640 e. The summed E-state index contributed by atoms with van der Waals surface area (Å²) in [7, 11) is 0. The van der Waals surface area contributed by atoms with Gasteiger partial charge < -0.3 is 4.90 Å². The van der Waals surface area contributed by atoms with E-state index in [9.17, 15) is 0 Å². The minimum atomic E-state index is 0.389. The molecule has 58 heavy (non-hydrogen) atoms. The summed E-state index contributed by atoms with van der Waals surface area (Å²) in [5, 5.41) is 2.71. The fourth-order valence-corrected chi connectivity index (χ4v) is 17.6. The standard InChI is InChI=1S/C56H51NS/c1-2-8-37(9-3-1)38-16-18-43(19-17-38)57(50-14-7-13-47-46-12-4-5-15-51(46)58-54(47)50)44-20-21-45-39-10-6-11-42(27-39)55-29-35-22-36(30-55)32-56(31-35,33-55)53-41-24-34-23-40(26-41)52(48(45)28-44)49(53)25-34/h1-21,27-28,34-36,40-41,49,52-53H,22-26,29-33H2. The van der Waals surface area contributed by atoms with Gasteiger partial charge in [-0.3, -0.25) is 0 Å². The van der Waals surface area contributed by atoms with Crippen LogP contribution in [0, 0.1) is 46.8 Å². The van der Waals surface area contributed by atoms with Gasteiger partial charge >= 0.3 is 0 Å². The average Bonchev–Trinajstić information content (AvgIpc) is 3.63. The number of fused-ring (bicyclic) bond motifs is 7. The van der Waals surface area contributed by atoms with Crippen molar-refractivity contribution in [3.8, 4) is 22.3 Å². The largest absolute Gasteiger partial charge is 0.309 e. The molecule has 7 aromatic rings. The van der Waals surface area contributed by atoms with E-state index in [0.717, 1.165) is 41.4 Å². The highest BCUT2D eigenvalue weighted by molar-refractivity contribution is 7.26. The lowest BCUT2D eigenvalue weighted by Crippen LogP contribution is -2.62. The Morgan fingerprint density at radius 2 is 1.28 bits per heavy atom. The van der Waals surface area contributed by atoms with Crippen molar-refractivity contribution < 1.29 is 0 Å². The van der Waals surface area contributed by atoms with Crippen molar-refractivity contribution in [2.45, 2.75) is 75.5 Å². The molecule has 0 amide bonds. The number of hydrogen-bond donors (Lipinski definition) is 0. The average molecular weight is 770 g/mol. The number of anilines is 3. The summed E-state index contributed by atoms with van der Waals surface area (Å²) < 4.78 is 2.73. The van der Waals surface area contributed by atoms with E-state index in [0.29, 0.717) is 16.7 Å². The van der Waals surface area contributed by atoms with Gasteiger partial charge in [0.15, 0.2) is 0 Å². The van der Waals surface area contributed by atoms with Crippen LogP contribution in [0.15, 0.2) is 140 Å². The van der Waals surface area contributed by atoms with E-state index in [-0.39, 0.29) is 0 Å². The quantitative estimate of drug-likeness (QED) is 0.172. The monoisotopic (exact) mass is 769 g/mol. The zero-order valence-corrected chi connectivity index (χ0v) is 34.1. The molecule has 6 aromatic carbocycles. The molecule has 0 N–H and O–H groups in total. The smallest absolute Gasteiger partial charge is 0.0640 e. The van der Waals surface area contributed by atoms with Crippen LogP contribution in [0.4, 0.5) is 17.1 Å². The summed E-state index contributed by atoms with van der Waals surface area (Å²) in [6.07, 6.45) is 14.9. The number of benzene rings is 6. The first-order valence-corrected chi connectivity index (χ1v) is 23.5. The fourth-order valence-electron chi connectivity index (χ4n) is 16.4. The third kappa shape index (κ3) is 4.65. The summed E-state index contributed by atoms with van der Waals surface area (Å²) in [5.41, 5.74) is 13.6. The number of rotatable bonds is 4. The molecule has 1 heterocycles. The lowest BCUT2D eigenvalue weighted by Gasteiger charge is -2.70. The fraction of sp³-hybridized carbons (Fsp3) is 0.357. The molecular formula is C56H51NS. The summed E-state index contributed by atoms with van der Waals surface area (Å²) >= 11 is 1.95. The topological polar surface area (TPSA) is 3.24 Å². The molecule has 0 saturated heterocycles. The molecule has 2 heteroatoms. The maximum atomic E-state index is 2.73. The van der Waals surface area contributed by atoms with Crippen LogP contribution in [-0.2, 0) is 5.41 Å². The third-order valence-corrected chi connectivity index (χ3v) is 18.7. The van der Waals surface area contributed by atoms with Crippen LogP contribution >= 0.6 is 11.3 Å². The van der Waals surface area contributed by atoms with Gasteiger partial charge in [0.05, 0.1) is 10.4 Å². The van der Waals surface area contributed by atoms with Crippen molar-refractivity contribution in [3.05, 3.63) is 151 Å². The Morgan fingerprint density at radius 3 is 2.16 bits per heavy atom. The highest BCUT2D eigenvalue weighted by Gasteiger charge is 2.66. The Labute approximate surface area is 347 Å². The van der Waals surface area contributed by atoms with Crippen molar-refractivity contribution in [2.75, 3.05) is 4.90 Å². The Bertz CT molecular complexity index is 2760. The van der Waals surface area contributed by atoms with Crippen molar-refractivity contribution in [2.24, 2.45) is 46.8 Å². The minimum Gasteiger partial charge on any atom is -0.309 e.